The highest BCUT2D eigenvalue weighted by atomic mass is 16.5. The Hall–Kier alpha value is -2.69. The number of nitrogens with one attached hydrogen (secondary N) is 1. The fourth-order valence-electron chi connectivity index (χ4n) is 2.51. The summed E-state index contributed by atoms with van der Waals surface area (Å²) in [7, 11) is 3.26. The highest BCUT2D eigenvalue weighted by molar-refractivity contribution is 5.76. The number of benzene rings is 2. The van der Waals surface area contributed by atoms with Crippen molar-refractivity contribution in [1.82, 2.24) is 5.32 Å². The molecule has 1 amide bonds. The zero-order valence-electron chi connectivity index (χ0n) is 14.2. The molecule has 5 heteroatoms. The van der Waals surface area contributed by atoms with Gasteiger partial charge in [-0.2, -0.15) is 0 Å². The van der Waals surface area contributed by atoms with Gasteiger partial charge < -0.3 is 20.5 Å². The number of aryl methyl sites for hydroxylation is 1. The summed E-state index contributed by atoms with van der Waals surface area (Å²) in [5.74, 6) is 1.58. The lowest BCUT2D eigenvalue weighted by atomic mass is 10.1. The second-order valence-electron chi connectivity index (χ2n) is 5.48. The van der Waals surface area contributed by atoms with Gasteiger partial charge in [0.15, 0.2) is 0 Å². The average Bonchev–Trinajstić information content (AvgIpc) is 2.61. The van der Waals surface area contributed by atoms with Crippen molar-refractivity contribution in [2.45, 2.75) is 19.3 Å². The van der Waals surface area contributed by atoms with E-state index in [1.807, 2.05) is 42.5 Å². The maximum Gasteiger partial charge on any atom is 0.220 e. The first kappa shape index (κ1) is 17.7. The van der Waals surface area contributed by atoms with Crippen LogP contribution in [0.25, 0.3) is 0 Å². The van der Waals surface area contributed by atoms with Crippen molar-refractivity contribution >= 4 is 11.6 Å². The Morgan fingerprint density at radius 1 is 1.04 bits per heavy atom. The summed E-state index contributed by atoms with van der Waals surface area (Å²) in [5, 5.41) is 2.93. The summed E-state index contributed by atoms with van der Waals surface area (Å²) < 4.78 is 10.6. The molecular formula is C19H24N2O3. The number of nitrogen functional groups attached to an aromatic ring is 1. The third kappa shape index (κ3) is 4.91. The molecular weight excluding hydrogens is 304 g/mol. The van der Waals surface area contributed by atoms with Gasteiger partial charge in [0, 0.05) is 18.7 Å². The maximum absolute atomic E-state index is 12.0. The molecule has 0 aliphatic heterocycles. The molecule has 0 fully saturated rings. The second-order valence-corrected chi connectivity index (χ2v) is 5.48. The Morgan fingerprint density at radius 3 is 2.54 bits per heavy atom. The number of methoxy groups -OCH3 is 2. The predicted octanol–water partition coefficient (Wildman–Crippen LogP) is 2.58. The number of hydrogen-bond acceptors (Lipinski definition) is 4. The lowest BCUT2D eigenvalue weighted by molar-refractivity contribution is -0.121. The van der Waals surface area contributed by atoms with Crippen LogP contribution in [0.2, 0.25) is 0 Å². The van der Waals surface area contributed by atoms with Crippen molar-refractivity contribution in [3.63, 3.8) is 0 Å². The van der Waals surface area contributed by atoms with Crippen LogP contribution in [0.3, 0.4) is 0 Å². The normalized spacial score (nSPS) is 10.2. The van der Waals surface area contributed by atoms with E-state index in [0.717, 1.165) is 28.3 Å². The highest BCUT2D eigenvalue weighted by Gasteiger charge is 2.07. The summed E-state index contributed by atoms with van der Waals surface area (Å²) in [6.07, 6.45) is 1.74. The van der Waals surface area contributed by atoms with E-state index in [-0.39, 0.29) is 5.91 Å². The van der Waals surface area contributed by atoms with Gasteiger partial charge in [0.25, 0.3) is 0 Å². The Bertz CT molecular complexity index is 686. The standard InChI is InChI=1S/C19H24N2O3/c1-23-16-8-9-18(24-2)15(13-16)11-12-21-19(22)10-7-14-5-3-4-6-17(14)20/h3-6,8-9,13H,7,10-12,20H2,1-2H3,(H,21,22). The van der Waals surface area contributed by atoms with Crippen LogP contribution in [0.4, 0.5) is 5.69 Å². The van der Waals surface area contributed by atoms with Crippen molar-refractivity contribution in [2.75, 3.05) is 26.5 Å². The van der Waals surface area contributed by atoms with E-state index in [4.69, 9.17) is 15.2 Å². The first-order chi connectivity index (χ1) is 11.6. The quantitative estimate of drug-likeness (QED) is 0.731. The van der Waals surface area contributed by atoms with E-state index in [1.54, 1.807) is 14.2 Å². The minimum atomic E-state index is 0.0140. The number of carbonyl (C=O) groups is 1. The molecule has 0 saturated carbocycles. The molecule has 0 atom stereocenters. The lowest BCUT2D eigenvalue weighted by Gasteiger charge is -2.11. The van der Waals surface area contributed by atoms with Gasteiger partial charge in [-0.05, 0) is 48.2 Å². The summed E-state index contributed by atoms with van der Waals surface area (Å²) >= 11 is 0. The van der Waals surface area contributed by atoms with Crippen LogP contribution >= 0.6 is 0 Å². The van der Waals surface area contributed by atoms with Crippen molar-refractivity contribution in [3.8, 4) is 11.5 Å². The van der Waals surface area contributed by atoms with Gasteiger partial charge in [0.1, 0.15) is 11.5 Å². The van der Waals surface area contributed by atoms with E-state index in [2.05, 4.69) is 5.32 Å². The number of ether oxygens (including phenoxy) is 2. The molecule has 2 aromatic carbocycles. The van der Waals surface area contributed by atoms with Gasteiger partial charge >= 0.3 is 0 Å². The Labute approximate surface area is 142 Å². The van der Waals surface area contributed by atoms with Gasteiger partial charge in [-0.15, -0.1) is 0 Å². The van der Waals surface area contributed by atoms with Crippen LogP contribution in [0.5, 0.6) is 11.5 Å². The third-order valence-corrected chi connectivity index (χ3v) is 3.88. The Balaban J connectivity index is 1.81. The number of carbonyl (C=O) groups excluding carboxylic acids is 1. The molecule has 0 unspecified atom stereocenters. The summed E-state index contributed by atoms with van der Waals surface area (Å²) in [5.41, 5.74) is 8.62. The minimum Gasteiger partial charge on any atom is -0.497 e. The molecule has 2 aromatic rings. The monoisotopic (exact) mass is 328 g/mol. The summed E-state index contributed by atoms with van der Waals surface area (Å²) in [6, 6.07) is 13.3. The van der Waals surface area contributed by atoms with Crippen LogP contribution in [0.15, 0.2) is 42.5 Å². The molecule has 0 radical (unpaired) electrons. The largest absolute Gasteiger partial charge is 0.497 e. The van der Waals surface area contributed by atoms with Crippen molar-refractivity contribution in [1.29, 1.82) is 0 Å². The SMILES string of the molecule is COc1ccc(OC)c(CCNC(=O)CCc2ccccc2N)c1. The molecule has 2 rings (SSSR count). The second kappa shape index (κ2) is 8.82. The lowest BCUT2D eigenvalue weighted by Crippen LogP contribution is -2.26. The summed E-state index contributed by atoms with van der Waals surface area (Å²) in [6.45, 7) is 0.548. The van der Waals surface area contributed by atoms with Crippen LogP contribution in [0, 0.1) is 0 Å². The summed E-state index contributed by atoms with van der Waals surface area (Å²) in [4.78, 5) is 12.0. The maximum atomic E-state index is 12.0. The van der Waals surface area contributed by atoms with E-state index in [1.165, 1.54) is 0 Å². The minimum absolute atomic E-state index is 0.0140. The van der Waals surface area contributed by atoms with E-state index in [9.17, 15) is 4.79 Å². The molecule has 5 nitrogen and oxygen atoms in total. The zero-order valence-corrected chi connectivity index (χ0v) is 14.2. The van der Waals surface area contributed by atoms with Crippen molar-refractivity contribution in [3.05, 3.63) is 53.6 Å². The third-order valence-electron chi connectivity index (χ3n) is 3.88. The van der Waals surface area contributed by atoms with Gasteiger partial charge in [0.05, 0.1) is 14.2 Å². The fourth-order valence-corrected chi connectivity index (χ4v) is 2.51. The molecule has 24 heavy (non-hydrogen) atoms. The zero-order chi connectivity index (χ0) is 17.4. The Morgan fingerprint density at radius 2 is 1.83 bits per heavy atom. The van der Waals surface area contributed by atoms with Crippen molar-refractivity contribution in [2.24, 2.45) is 0 Å². The van der Waals surface area contributed by atoms with Gasteiger partial charge in [0.2, 0.25) is 5.91 Å². The van der Waals surface area contributed by atoms with Crippen LogP contribution in [0.1, 0.15) is 17.5 Å². The van der Waals surface area contributed by atoms with Crippen LogP contribution in [-0.4, -0.2) is 26.7 Å². The van der Waals surface area contributed by atoms with Gasteiger partial charge in [-0.3, -0.25) is 4.79 Å². The molecule has 3 N–H and O–H groups in total. The smallest absolute Gasteiger partial charge is 0.220 e. The average molecular weight is 328 g/mol. The topological polar surface area (TPSA) is 73.6 Å². The molecule has 0 saturated heterocycles. The number of rotatable bonds is 8. The first-order valence-electron chi connectivity index (χ1n) is 7.95. The van der Waals surface area contributed by atoms with E-state index >= 15 is 0 Å². The molecule has 0 bridgehead atoms. The number of anilines is 1. The molecule has 0 aliphatic carbocycles. The van der Waals surface area contributed by atoms with E-state index < -0.39 is 0 Å². The predicted molar refractivity (Wildman–Crippen MR) is 95.4 cm³/mol. The van der Waals surface area contributed by atoms with Gasteiger partial charge in [-0.1, -0.05) is 18.2 Å². The van der Waals surface area contributed by atoms with Crippen LogP contribution < -0.4 is 20.5 Å². The van der Waals surface area contributed by atoms with Crippen molar-refractivity contribution < 1.29 is 14.3 Å². The highest BCUT2D eigenvalue weighted by Crippen LogP contribution is 2.24. The first-order valence-corrected chi connectivity index (χ1v) is 7.95. The number of hydrogen-bond donors (Lipinski definition) is 2. The van der Waals surface area contributed by atoms with Gasteiger partial charge in [-0.25, -0.2) is 0 Å². The fraction of sp³-hybridized carbons (Fsp3) is 0.316. The molecule has 0 aromatic heterocycles. The molecule has 0 heterocycles. The Kier molecular flexibility index (Phi) is 6.49. The number of nitrogens with two attached hydrogens (primary N) is 1. The molecule has 0 spiro atoms. The number of amides is 1. The molecule has 128 valence electrons. The number of para-hydroxylation sites is 1. The van der Waals surface area contributed by atoms with Crippen LogP contribution in [-0.2, 0) is 17.6 Å². The molecule has 0 aliphatic rings. The van der Waals surface area contributed by atoms with E-state index in [0.29, 0.717) is 25.8 Å².